The molecule has 1 saturated heterocycles. The third-order valence-electron chi connectivity index (χ3n) is 4.09. The van der Waals surface area contributed by atoms with Gasteiger partial charge in [0.2, 0.25) is 0 Å². The normalized spacial score (nSPS) is 17.7. The second-order valence-electron chi connectivity index (χ2n) is 5.85. The third-order valence-corrected chi connectivity index (χ3v) is 5.08. The van der Waals surface area contributed by atoms with Gasteiger partial charge in [0, 0.05) is 19.5 Å². The fraction of sp³-hybridized carbons (Fsp3) is 0.353. The molecule has 1 aliphatic rings. The molecule has 1 unspecified atom stereocenters. The zero-order chi connectivity index (χ0) is 17.1. The average molecular weight is 348 g/mol. The molecule has 1 amide bonds. The first kappa shape index (κ1) is 16.6. The second kappa shape index (κ2) is 7.09. The molecule has 1 aliphatic heterocycles. The molecule has 0 saturated carbocycles. The third kappa shape index (κ3) is 3.79. The van der Waals surface area contributed by atoms with Crippen molar-refractivity contribution in [3.8, 4) is 0 Å². The maximum atomic E-state index is 12.9. The van der Waals surface area contributed by atoms with Gasteiger partial charge in [-0.2, -0.15) is 0 Å². The largest absolute Gasteiger partial charge is 0.481 e. The number of aliphatic carboxylic acids is 1. The molecule has 126 valence electrons. The molecule has 1 aromatic heterocycles. The first-order chi connectivity index (χ1) is 11.5. The van der Waals surface area contributed by atoms with Crippen molar-refractivity contribution in [3.63, 3.8) is 0 Å². The number of halogens is 1. The van der Waals surface area contributed by atoms with Gasteiger partial charge in [-0.3, -0.25) is 9.59 Å². The van der Waals surface area contributed by atoms with Crippen molar-refractivity contribution in [2.75, 3.05) is 13.1 Å². The van der Waals surface area contributed by atoms with Crippen molar-refractivity contribution >= 4 is 23.2 Å². The number of benzene rings is 1. The van der Waals surface area contributed by atoms with Gasteiger partial charge in [-0.25, -0.2) is 9.37 Å². The van der Waals surface area contributed by atoms with Crippen LogP contribution in [0, 0.1) is 11.7 Å². The molecule has 0 bridgehead atoms. The summed E-state index contributed by atoms with van der Waals surface area (Å²) in [5.74, 6) is -1.79. The fourth-order valence-corrected chi connectivity index (χ4v) is 3.71. The van der Waals surface area contributed by atoms with Crippen LogP contribution in [-0.4, -0.2) is 40.0 Å². The summed E-state index contributed by atoms with van der Waals surface area (Å²) in [6.07, 6.45) is 3.38. The lowest BCUT2D eigenvalue weighted by molar-refractivity contribution is -0.143. The van der Waals surface area contributed by atoms with E-state index >= 15 is 0 Å². The van der Waals surface area contributed by atoms with Crippen LogP contribution in [0.1, 0.15) is 33.1 Å². The van der Waals surface area contributed by atoms with E-state index in [1.807, 2.05) is 0 Å². The highest BCUT2D eigenvalue weighted by atomic mass is 32.1. The van der Waals surface area contributed by atoms with Gasteiger partial charge in [-0.05, 0) is 30.5 Å². The topological polar surface area (TPSA) is 70.5 Å². The summed E-state index contributed by atoms with van der Waals surface area (Å²) in [5.41, 5.74) is 0.925. The molecule has 0 spiro atoms. The number of carboxylic acid groups (broad SMARTS) is 1. The van der Waals surface area contributed by atoms with Crippen LogP contribution in [0.3, 0.4) is 0 Å². The lowest BCUT2D eigenvalue weighted by Gasteiger charge is -2.30. The van der Waals surface area contributed by atoms with Crippen LogP contribution < -0.4 is 0 Å². The molecule has 24 heavy (non-hydrogen) atoms. The maximum Gasteiger partial charge on any atom is 0.308 e. The molecule has 5 nitrogen and oxygen atoms in total. The van der Waals surface area contributed by atoms with Crippen LogP contribution in [0.15, 0.2) is 30.5 Å². The molecular formula is C17H17FN2O3S. The number of nitrogens with zero attached hydrogens (tertiary/aromatic N) is 2. The van der Waals surface area contributed by atoms with Crippen LogP contribution in [0.4, 0.5) is 4.39 Å². The lowest BCUT2D eigenvalue weighted by Crippen LogP contribution is -2.42. The highest BCUT2D eigenvalue weighted by Gasteiger charge is 2.29. The molecule has 7 heteroatoms. The van der Waals surface area contributed by atoms with Crippen molar-refractivity contribution < 1.29 is 19.1 Å². The molecule has 3 rings (SSSR count). The molecule has 1 atom stereocenters. The Balaban J connectivity index is 1.67. The number of hydrogen-bond donors (Lipinski definition) is 1. The minimum atomic E-state index is -0.853. The van der Waals surface area contributed by atoms with Gasteiger partial charge in [0.15, 0.2) is 0 Å². The Morgan fingerprint density at radius 2 is 2.08 bits per heavy atom. The molecular weight excluding hydrogens is 331 g/mol. The van der Waals surface area contributed by atoms with E-state index in [-0.39, 0.29) is 18.3 Å². The Morgan fingerprint density at radius 3 is 2.79 bits per heavy atom. The summed E-state index contributed by atoms with van der Waals surface area (Å²) in [6.45, 7) is 0.827. The van der Waals surface area contributed by atoms with E-state index in [0.29, 0.717) is 30.7 Å². The van der Waals surface area contributed by atoms with Crippen LogP contribution in [0.25, 0.3) is 0 Å². The summed E-state index contributed by atoms with van der Waals surface area (Å²) < 4.78 is 12.9. The number of carbonyl (C=O) groups excluding carboxylic acids is 1. The average Bonchev–Trinajstić information content (AvgIpc) is 3.05. The summed E-state index contributed by atoms with van der Waals surface area (Å²) in [4.78, 5) is 30.0. The number of carboxylic acids is 1. The van der Waals surface area contributed by atoms with Gasteiger partial charge in [-0.15, -0.1) is 11.3 Å². The lowest BCUT2D eigenvalue weighted by atomic mass is 9.98. The number of carbonyl (C=O) groups is 2. The van der Waals surface area contributed by atoms with Crippen LogP contribution in [-0.2, 0) is 11.2 Å². The van der Waals surface area contributed by atoms with Gasteiger partial charge in [0.05, 0.1) is 17.1 Å². The van der Waals surface area contributed by atoms with Crippen molar-refractivity contribution in [1.82, 2.24) is 9.88 Å². The predicted molar refractivity (Wildman–Crippen MR) is 87.6 cm³/mol. The summed E-state index contributed by atoms with van der Waals surface area (Å²) >= 11 is 1.30. The van der Waals surface area contributed by atoms with Crippen LogP contribution in [0.5, 0.6) is 0 Å². The van der Waals surface area contributed by atoms with E-state index in [1.165, 1.54) is 29.7 Å². The zero-order valence-corrected chi connectivity index (χ0v) is 13.8. The predicted octanol–water partition coefficient (Wildman–Crippen LogP) is 2.81. The SMILES string of the molecule is O=C(O)C1CCCN(C(=O)c2cnc(Cc3ccc(F)cc3)s2)C1. The van der Waals surface area contributed by atoms with Gasteiger partial charge >= 0.3 is 5.97 Å². The maximum absolute atomic E-state index is 12.9. The Morgan fingerprint density at radius 1 is 1.33 bits per heavy atom. The van der Waals surface area contributed by atoms with Gasteiger partial charge in [-0.1, -0.05) is 12.1 Å². The summed E-state index contributed by atoms with van der Waals surface area (Å²) in [6, 6.07) is 6.18. The number of likely N-dealkylation sites (tertiary alicyclic amines) is 1. The van der Waals surface area contributed by atoms with E-state index in [1.54, 1.807) is 17.0 Å². The number of thiazole rings is 1. The molecule has 1 fully saturated rings. The van der Waals surface area contributed by atoms with E-state index in [2.05, 4.69) is 4.98 Å². The number of piperidine rings is 1. The van der Waals surface area contributed by atoms with Crippen LogP contribution in [0.2, 0.25) is 0 Å². The number of amides is 1. The van der Waals surface area contributed by atoms with E-state index in [9.17, 15) is 14.0 Å². The Bertz CT molecular complexity index is 745. The zero-order valence-electron chi connectivity index (χ0n) is 12.9. The molecule has 0 aliphatic carbocycles. The van der Waals surface area contributed by atoms with Gasteiger partial charge < -0.3 is 10.0 Å². The highest BCUT2D eigenvalue weighted by Crippen LogP contribution is 2.22. The van der Waals surface area contributed by atoms with Crippen molar-refractivity contribution in [2.24, 2.45) is 5.92 Å². The quantitative estimate of drug-likeness (QED) is 0.922. The highest BCUT2D eigenvalue weighted by molar-refractivity contribution is 7.13. The van der Waals surface area contributed by atoms with Gasteiger partial charge in [0.25, 0.3) is 5.91 Å². The standard InChI is InChI=1S/C17H17FN2O3S/c18-13-5-3-11(4-6-13)8-15-19-9-14(24-15)16(21)20-7-1-2-12(10-20)17(22)23/h3-6,9,12H,1-2,7-8,10H2,(H,22,23). The Labute approximate surface area is 142 Å². The van der Waals surface area contributed by atoms with Gasteiger partial charge in [0.1, 0.15) is 10.7 Å². The number of rotatable bonds is 4. The van der Waals surface area contributed by atoms with Crippen molar-refractivity contribution in [1.29, 1.82) is 0 Å². The van der Waals surface area contributed by atoms with E-state index in [4.69, 9.17) is 5.11 Å². The molecule has 1 aromatic carbocycles. The number of aromatic nitrogens is 1. The van der Waals surface area contributed by atoms with E-state index in [0.717, 1.165) is 10.6 Å². The first-order valence-electron chi connectivity index (χ1n) is 7.74. The smallest absolute Gasteiger partial charge is 0.308 e. The fourth-order valence-electron chi connectivity index (χ4n) is 2.79. The molecule has 0 radical (unpaired) electrons. The molecule has 1 N–H and O–H groups in total. The van der Waals surface area contributed by atoms with Crippen LogP contribution >= 0.6 is 11.3 Å². The minimum Gasteiger partial charge on any atom is -0.481 e. The molecule has 2 aromatic rings. The Hall–Kier alpha value is -2.28. The minimum absolute atomic E-state index is 0.163. The monoisotopic (exact) mass is 348 g/mol. The summed E-state index contributed by atoms with van der Waals surface area (Å²) in [5, 5.41) is 9.90. The molecule has 2 heterocycles. The van der Waals surface area contributed by atoms with Crippen molar-refractivity contribution in [2.45, 2.75) is 19.3 Å². The second-order valence-corrected chi connectivity index (χ2v) is 6.97. The van der Waals surface area contributed by atoms with E-state index < -0.39 is 11.9 Å². The Kier molecular flexibility index (Phi) is 4.89. The van der Waals surface area contributed by atoms with Crippen molar-refractivity contribution in [3.05, 3.63) is 51.7 Å². The summed E-state index contributed by atoms with van der Waals surface area (Å²) in [7, 11) is 0. The first-order valence-corrected chi connectivity index (χ1v) is 8.56. The number of hydrogen-bond acceptors (Lipinski definition) is 4.